The number of nitrogens with one attached hydrogen (secondary N) is 1. The summed E-state index contributed by atoms with van der Waals surface area (Å²) in [5, 5.41) is 7.22. The van der Waals surface area contributed by atoms with Crippen molar-refractivity contribution in [1.82, 2.24) is 15.5 Å². The van der Waals surface area contributed by atoms with E-state index in [2.05, 4.69) is 58.8 Å². The van der Waals surface area contributed by atoms with Crippen molar-refractivity contribution in [3.05, 3.63) is 66.0 Å². The molecular formula is C19H21N3OS. The summed E-state index contributed by atoms with van der Waals surface area (Å²) in [4.78, 5) is 5.70. The van der Waals surface area contributed by atoms with Crippen LogP contribution < -0.4 is 5.32 Å². The summed E-state index contributed by atoms with van der Waals surface area (Å²) in [7, 11) is 1.93. The highest BCUT2D eigenvalue weighted by atomic mass is 32.2. The number of hydrogen-bond donors (Lipinski definition) is 1. The lowest BCUT2D eigenvalue weighted by molar-refractivity contribution is 0.418. The molecular weight excluding hydrogens is 318 g/mol. The summed E-state index contributed by atoms with van der Waals surface area (Å²) in [5.41, 5.74) is 2.28. The summed E-state index contributed by atoms with van der Waals surface area (Å²) in [5.74, 6) is 2.27. The standard InChI is InChI=1S/C19H21N3OS/c1-14(20-2)12-18-21-19(23-22-18)16-8-10-17(11-9-16)24-13-15-6-4-3-5-7-15/h3-11,14,20H,12-13H2,1-2H3. The fraction of sp³-hybridized carbons (Fsp3) is 0.263. The Hall–Kier alpha value is -2.11. The predicted molar refractivity (Wildman–Crippen MR) is 98.0 cm³/mol. The van der Waals surface area contributed by atoms with Gasteiger partial charge in [0, 0.05) is 28.7 Å². The van der Waals surface area contributed by atoms with E-state index in [9.17, 15) is 0 Å². The number of nitrogens with zero attached hydrogens (tertiary/aromatic N) is 2. The molecule has 1 unspecified atom stereocenters. The minimum atomic E-state index is 0.326. The molecule has 0 amide bonds. The summed E-state index contributed by atoms with van der Waals surface area (Å²) in [6, 6.07) is 19.1. The number of likely N-dealkylation sites (N-methyl/N-ethyl adjacent to an activating group) is 1. The first-order valence-corrected chi connectivity index (χ1v) is 9.00. The van der Waals surface area contributed by atoms with Crippen molar-refractivity contribution in [2.24, 2.45) is 0 Å². The van der Waals surface area contributed by atoms with E-state index in [4.69, 9.17) is 4.52 Å². The van der Waals surface area contributed by atoms with Gasteiger partial charge in [-0.05, 0) is 43.8 Å². The smallest absolute Gasteiger partial charge is 0.257 e. The predicted octanol–water partition coefficient (Wildman–Crippen LogP) is 4.18. The van der Waals surface area contributed by atoms with E-state index in [1.165, 1.54) is 10.5 Å². The van der Waals surface area contributed by atoms with Gasteiger partial charge in [-0.2, -0.15) is 4.98 Å². The van der Waals surface area contributed by atoms with Crippen LogP contribution in [0.3, 0.4) is 0 Å². The molecule has 4 nitrogen and oxygen atoms in total. The Labute approximate surface area is 146 Å². The maximum absolute atomic E-state index is 5.37. The van der Waals surface area contributed by atoms with Crippen molar-refractivity contribution in [1.29, 1.82) is 0 Å². The average molecular weight is 339 g/mol. The maximum atomic E-state index is 5.37. The lowest BCUT2D eigenvalue weighted by atomic mass is 10.2. The summed E-state index contributed by atoms with van der Waals surface area (Å²) in [6.07, 6.45) is 0.755. The van der Waals surface area contributed by atoms with Crippen molar-refractivity contribution in [3.63, 3.8) is 0 Å². The normalized spacial score (nSPS) is 12.2. The molecule has 3 aromatic rings. The molecule has 5 heteroatoms. The molecule has 1 aromatic heterocycles. The largest absolute Gasteiger partial charge is 0.334 e. The SMILES string of the molecule is CNC(C)Cc1noc(-c2ccc(SCc3ccccc3)cc2)n1. The van der Waals surface area contributed by atoms with Gasteiger partial charge in [0.2, 0.25) is 0 Å². The third kappa shape index (κ3) is 4.46. The van der Waals surface area contributed by atoms with E-state index < -0.39 is 0 Å². The van der Waals surface area contributed by atoms with Crippen LogP contribution in [-0.2, 0) is 12.2 Å². The molecule has 0 saturated heterocycles. The van der Waals surface area contributed by atoms with Gasteiger partial charge >= 0.3 is 0 Å². The van der Waals surface area contributed by atoms with Gasteiger partial charge in [-0.15, -0.1) is 11.8 Å². The molecule has 1 N–H and O–H groups in total. The number of rotatable bonds is 7. The highest BCUT2D eigenvalue weighted by Crippen LogP contribution is 2.26. The Bertz CT molecular complexity index is 756. The van der Waals surface area contributed by atoms with Crippen LogP contribution in [0.4, 0.5) is 0 Å². The minimum Gasteiger partial charge on any atom is -0.334 e. The van der Waals surface area contributed by atoms with E-state index in [0.29, 0.717) is 11.9 Å². The van der Waals surface area contributed by atoms with Crippen LogP contribution in [0.1, 0.15) is 18.3 Å². The molecule has 0 aliphatic carbocycles. The van der Waals surface area contributed by atoms with Gasteiger partial charge in [-0.25, -0.2) is 0 Å². The van der Waals surface area contributed by atoms with Crippen molar-refractivity contribution in [2.45, 2.75) is 30.0 Å². The van der Waals surface area contributed by atoms with Gasteiger partial charge in [0.15, 0.2) is 5.82 Å². The molecule has 0 fully saturated rings. The van der Waals surface area contributed by atoms with Gasteiger partial charge in [0.1, 0.15) is 0 Å². The first-order chi connectivity index (χ1) is 11.7. The first kappa shape index (κ1) is 16.7. The van der Waals surface area contributed by atoms with E-state index in [0.717, 1.165) is 23.6 Å². The van der Waals surface area contributed by atoms with Crippen LogP contribution >= 0.6 is 11.8 Å². The first-order valence-electron chi connectivity index (χ1n) is 8.01. The molecule has 0 aliphatic rings. The Morgan fingerprint density at radius 3 is 2.54 bits per heavy atom. The van der Waals surface area contributed by atoms with Gasteiger partial charge in [0.05, 0.1) is 0 Å². The fourth-order valence-electron chi connectivity index (χ4n) is 2.26. The average Bonchev–Trinajstić information content (AvgIpc) is 3.09. The lowest BCUT2D eigenvalue weighted by Crippen LogP contribution is -2.24. The topological polar surface area (TPSA) is 51.0 Å². The van der Waals surface area contributed by atoms with E-state index >= 15 is 0 Å². The maximum Gasteiger partial charge on any atom is 0.257 e. The minimum absolute atomic E-state index is 0.326. The summed E-state index contributed by atoms with van der Waals surface area (Å²) < 4.78 is 5.37. The van der Waals surface area contributed by atoms with Crippen LogP contribution in [0.2, 0.25) is 0 Å². The molecule has 124 valence electrons. The van der Waals surface area contributed by atoms with E-state index in [-0.39, 0.29) is 0 Å². The number of thioether (sulfide) groups is 1. The second kappa shape index (κ2) is 8.13. The Balaban J connectivity index is 1.62. The van der Waals surface area contributed by atoms with Gasteiger partial charge in [0.25, 0.3) is 5.89 Å². The highest BCUT2D eigenvalue weighted by Gasteiger charge is 2.11. The van der Waals surface area contributed by atoms with Crippen molar-refractivity contribution in [2.75, 3.05) is 7.05 Å². The second-order valence-electron chi connectivity index (χ2n) is 5.71. The number of hydrogen-bond acceptors (Lipinski definition) is 5. The third-order valence-electron chi connectivity index (χ3n) is 3.80. The van der Waals surface area contributed by atoms with Crippen molar-refractivity contribution < 1.29 is 4.52 Å². The van der Waals surface area contributed by atoms with Crippen LogP contribution in [0.25, 0.3) is 11.5 Å². The highest BCUT2D eigenvalue weighted by molar-refractivity contribution is 7.98. The fourth-order valence-corrected chi connectivity index (χ4v) is 3.12. The van der Waals surface area contributed by atoms with E-state index in [1.54, 1.807) is 0 Å². The zero-order valence-corrected chi connectivity index (χ0v) is 14.7. The monoisotopic (exact) mass is 339 g/mol. The summed E-state index contributed by atoms with van der Waals surface area (Å²) >= 11 is 1.82. The van der Waals surface area contributed by atoms with E-state index in [1.807, 2.05) is 37.0 Å². The number of aromatic nitrogens is 2. The quantitative estimate of drug-likeness (QED) is 0.655. The number of benzene rings is 2. The van der Waals surface area contributed by atoms with Gasteiger partial charge in [-0.1, -0.05) is 35.5 Å². The molecule has 0 radical (unpaired) electrons. The van der Waals surface area contributed by atoms with Crippen LogP contribution in [0.5, 0.6) is 0 Å². The molecule has 1 atom stereocenters. The Kier molecular flexibility index (Phi) is 5.67. The zero-order chi connectivity index (χ0) is 16.8. The third-order valence-corrected chi connectivity index (χ3v) is 4.88. The molecule has 0 spiro atoms. The lowest BCUT2D eigenvalue weighted by Gasteiger charge is -2.04. The van der Waals surface area contributed by atoms with Crippen LogP contribution in [0.15, 0.2) is 64.0 Å². The van der Waals surface area contributed by atoms with Gasteiger partial charge in [-0.3, -0.25) is 0 Å². The van der Waals surface area contributed by atoms with Crippen LogP contribution in [-0.4, -0.2) is 23.2 Å². The van der Waals surface area contributed by atoms with Gasteiger partial charge < -0.3 is 9.84 Å². The molecule has 0 saturated carbocycles. The summed E-state index contributed by atoms with van der Waals surface area (Å²) in [6.45, 7) is 2.09. The molecule has 0 aliphatic heterocycles. The van der Waals surface area contributed by atoms with Crippen LogP contribution in [0, 0.1) is 0 Å². The van der Waals surface area contributed by atoms with Crippen molar-refractivity contribution in [3.8, 4) is 11.5 Å². The molecule has 24 heavy (non-hydrogen) atoms. The zero-order valence-electron chi connectivity index (χ0n) is 13.9. The van der Waals surface area contributed by atoms with Crippen molar-refractivity contribution >= 4 is 11.8 Å². The molecule has 1 heterocycles. The Morgan fingerprint density at radius 1 is 1.08 bits per heavy atom. The second-order valence-corrected chi connectivity index (χ2v) is 6.76. The molecule has 2 aromatic carbocycles. The Morgan fingerprint density at radius 2 is 1.83 bits per heavy atom. The molecule has 0 bridgehead atoms. The molecule has 3 rings (SSSR count).